The number of aromatic nitrogens is 4. The van der Waals surface area contributed by atoms with E-state index in [0.717, 1.165) is 76.8 Å². The zero-order valence-corrected chi connectivity index (χ0v) is 23.5. The maximum atomic E-state index is 5.22. The van der Waals surface area contributed by atoms with Gasteiger partial charge < -0.3 is 0 Å². The lowest BCUT2D eigenvalue weighted by Crippen LogP contribution is -1.93. The van der Waals surface area contributed by atoms with Crippen molar-refractivity contribution in [1.82, 2.24) is 19.9 Å². The summed E-state index contributed by atoms with van der Waals surface area (Å²) in [5.74, 6) is 0. The summed E-state index contributed by atoms with van der Waals surface area (Å²) in [7, 11) is 0. The van der Waals surface area contributed by atoms with Crippen LogP contribution in [0.25, 0.3) is 98.4 Å². The van der Waals surface area contributed by atoms with Crippen molar-refractivity contribution in [1.29, 1.82) is 0 Å². The Labute approximate surface area is 251 Å². The van der Waals surface area contributed by atoms with Crippen LogP contribution in [0.15, 0.2) is 133 Å². The van der Waals surface area contributed by atoms with Gasteiger partial charge >= 0.3 is 0 Å². The Bertz CT molecular complexity index is 2640. The van der Waals surface area contributed by atoms with Crippen molar-refractivity contribution >= 4 is 87.2 Å². The van der Waals surface area contributed by atoms with Crippen molar-refractivity contribution in [3.05, 3.63) is 133 Å². The number of benzene rings is 8. The lowest BCUT2D eigenvalue weighted by atomic mass is 9.98. The highest BCUT2D eigenvalue weighted by atomic mass is 14.8. The Balaban J connectivity index is 1.20. The van der Waals surface area contributed by atoms with Gasteiger partial charge in [0.25, 0.3) is 0 Å². The largest absolute Gasteiger partial charge is 0.244 e. The molecular weight excluding hydrogens is 536 g/mol. The summed E-state index contributed by atoms with van der Waals surface area (Å²) in [4.78, 5) is 20.7. The molecule has 0 atom stereocenters. The third kappa shape index (κ3) is 3.28. The quantitative estimate of drug-likeness (QED) is 0.149. The van der Waals surface area contributed by atoms with Gasteiger partial charge in [0.15, 0.2) is 0 Å². The molecule has 0 bridgehead atoms. The maximum absolute atomic E-state index is 5.22. The van der Waals surface area contributed by atoms with E-state index in [9.17, 15) is 0 Å². The first-order valence-corrected chi connectivity index (χ1v) is 14.8. The lowest BCUT2D eigenvalue weighted by Gasteiger charge is -2.12. The fourth-order valence-corrected chi connectivity index (χ4v) is 6.92. The molecule has 0 spiro atoms. The Kier molecular flexibility index (Phi) is 4.69. The highest BCUT2D eigenvalue weighted by Crippen LogP contribution is 2.36. The van der Waals surface area contributed by atoms with Gasteiger partial charge in [-0.05, 0) is 56.9 Å². The van der Waals surface area contributed by atoms with Crippen LogP contribution >= 0.6 is 0 Å². The molecule has 4 heteroatoms. The van der Waals surface area contributed by atoms with Gasteiger partial charge in [0.2, 0.25) is 0 Å². The molecule has 0 unspecified atom stereocenters. The van der Waals surface area contributed by atoms with Gasteiger partial charge in [-0.1, -0.05) is 109 Å². The molecule has 2 aromatic heterocycles. The van der Waals surface area contributed by atoms with Crippen molar-refractivity contribution < 1.29 is 0 Å². The van der Waals surface area contributed by atoms with Crippen LogP contribution in [0.3, 0.4) is 0 Å². The van der Waals surface area contributed by atoms with E-state index in [0.29, 0.717) is 0 Å². The second-order valence-electron chi connectivity index (χ2n) is 11.4. The second-order valence-corrected chi connectivity index (χ2v) is 11.4. The molecule has 202 valence electrons. The first kappa shape index (κ1) is 23.6. The Hall–Kier alpha value is -6.00. The third-order valence-electron chi connectivity index (χ3n) is 8.97. The van der Waals surface area contributed by atoms with E-state index < -0.39 is 0 Å². The average Bonchev–Trinajstić information content (AvgIpc) is 3.10. The highest BCUT2D eigenvalue weighted by Gasteiger charge is 2.15. The zero-order chi connectivity index (χ0) is 28.8. The number of fused-ring (bicyclic) bond motifs is 14. The number of rotatable bonds is 1. The summed E-state index contributed by atoms with van der Waals surface area (Å²) in [5.41, 5.74) is 9.39. The Morgan fingerprint density at radius 1 is 0.250 bits per heavy atom. The normalized spacial score (nSPS) is 12.1. The first-order valence-electron chi connectivity index (χ1n) is 14.8. The van der Waals surface area contributed by atoms with E-state index >= 15 is 0 Å². The predicted molar refractivity (Wildman–Crippen MR) is 183 cm³/mol. The third-order valence-corrected chi connectivity index (χ3v) is 8.97. The minimum atomic E-state index is 0.873. The van der Waals surface area contributed by atoms with Crippen molar-refractivity contribution in [3.63, 3.8) is 0 Å². The Morgan fingerprint density at radius 2 is 0.523 bits per heavy atom. The van der Waals surface area contributed by atoms with Crippen molar-refractivity contribution in [2.75, 3.05) is 0 Å². The summed E-state index contributed by atoms with van der Waals surface area (Å²) in [6.45, 7) is 0. The van der Waals surface area contributed by atoms with Crippen LogP contribution in [0, 0.1) is 0 Å². The van der Waals surface area contributed by atoms with E-state index in [4.69, 9.17) is 19.9 Å². The molecule has 8 aromatic carbocycles. The predicted octanol–water partition coefficient (Wildman–Crippen LogP) is 10.2. The summed E-state index contributed by atoms with van der Waals surface area (Å²) in [6, 6.07) is 46.6. The summed E-state index contributed by atoms with van der Waals surface area (Å²) in [5, 5.41) is 9.28. The van der Waals surface area contributed by atoms with Gasteiger partial charge in [0, 0.05) is 21.5 Å². The molecule has 10 aromatic rings. The molecule has 0 aliphatic rings. The van der Waals surface area contributed by atoms with E-state index in [-0.39, 0.29) is 0 Å². The smallest absolute Gasteiger partial charge is 0.0979 e. The molecule has 0 saturated heterocycles. The van der Waals surface area contributed by atoms with Gasteiger partial charge in [-0.3, -0.25) is 0 Å². The molecule has 0 fully saturated rings. The minimum Gasteiger partial charge on any atom is -0.244 e. The SMILES string of the molecule is c1ccc2c(c1)c1ccccc1c1nc3cc(-c4ccc5nc6c7ccccc7c7ccccc7c6nc5c4)ccc3nc21. The minimum absolute atomic E-state index is 0.873. The van der Waals surface area contributed by atoms with E-state index in [1.54, 1.807) is 0 Å². The van der Waals surface area contributed by atoms with E-state index in [1.807, 2.05) is 0 Å². The molecule has 10 rings (SSSR count). The molecule has 0 aliphatic heterocycles. The van der Waals surface area contributed by atoms with Crippen LogP contribution in [0.2, 0.25) is 0 Å². The molecule has 0 aliphatic carbocycles. The van der Waals surface area contributed by atoms with Gasteiger partial charge in [0.1, 0.15) is 0 Å². The number of nitrogens with zero attached hydrogens (tertiary/aromatic N) is 4. The zero-order valence-electron chi connectivity index (χ0n) is 23.5. The van der Waals surface area contributed by atoms with E-state index in [1.165, 1.54) is 21.5 Å². The molecule has 0 saturated carbocycles. The van der Waals surface area contributed by atoms with Gasteiger partial charge in [-0.25, -0.2) is 19.9 Å². The molecule has 4 nitrogen and oxygen atoms in total. The van der Waals surface area contributed by atoms with Gasteiger partial charge in [-0.2, -0.15) is 0 Å². The van der Waals surface area contributed by atoms with Gasteiger partial charge in [-0.15, -0.1) is 0 Å². The van der Waals surface area contributed by atoms with Crippen LogP contribution in [0.1, 0.15) is 0 Å². The first-order chi connectivity index (χ1) is 21.8. The fourth-order valence-electron chi connectivity index (χ4n) is 6.92. The topological polar surface area (TPSA) is 51.6 Å². The van der Waals surface area contributed by atoms with Crippen molar-refractivity contribution in [2.24, 2.45) is 0 Å². The molecule has 2 heterocycles. The molecule has 44 heavy (non-hydrogen) atoms. The van der Waals surface area contributed by atoms with E-state index in [2.05, 4.69) is 133 Å². The molecule has 0 amide bonds. The monoisotopic (exact) mass is 558 g/mol. The van der Waals surface area contributed by atoms with Crippen molar-refractivity contribution in [2.45, 2.75) is 0 Å². The maximum Gasteiger partial charge on any atom is 0.0979 e. The Morgan fingerprint density at radius 3 is 0.841 bits per heavy atom. The van der Waals surface area contributed by atoms with Crippen LogP contribution < -0.4 is 0 Å². The summed E-state index contributed by atoms with van der Waals surface area (Å²) < 4.78 is 0. The number of hydrogen-bond acceptors (Lipinski definition) is 4. The number of hydrogen-bond donors (Lipinski definition) is 0. The van der Waals surface area contributed by atoms with Crippen LogP contribution in [-0.4, -0.2) is 19.9 Å². The van der Waals surface area contributed by atoms with Crippen LogP contribution in [-0.2, 0) is 0 Å². The second kappa shape index (κ2) is 8.76. The standard InChI is InChI=1S/C40H22N4/c1-5-13-29-25(9-1)27-11-3-7-15-31(27)39-37(29)41-33-19-17-23(21-35(33)43-39)24-18-20-34-36(22-24)44-40-32-16-8-4-12-28(32)26-10-2-6-14-30(26)38(40)42-34/h1-22H. The molecule has 0 radical (unpaired) electrons. The summed E-state index contributed by atoms with van der Waals surface area (Å²) in [6.07, 6.45) is 0. The van der Waals surface area contributed by atoms with Crippen LogP contribution in [0.5, 0.6) is 0 Å². The average molecular weight is 559 g/mol. The fraction of sp³-hybridized carbons (Fsp3) is 0. The molecular formula is C40H22N4. The molecule has 0 N–H and O–H groups in total. The van der Waals surface area contributed by atoms with Crippen molar-refractivity contribution in [3.8, 4) is 11.1 Å². The summed E-state index contributed by atoms with van der Waals surface area (Å²) >= 11 is 0. The van der Waals surface area contributed by atoms with Crippen LogP contribution in [0.4, 0.5) is 0 Å². The van der Waals surface area contributed by atoms with Gasteiger partial charge in [0.05, 0.1) is 44.1 Å². The highest BCUT2D eigenvalue weighted by molar-refractivity contribution is 6.25. The lowest BCUT2D eigenvalue weighted by molar-refractivity contribution is 1.41.